The van der Waals surface area contributed by atoms with Crippen molar-refractivity contribution < 1.29 is 23.8 Å². The molecule has 1 saturated carbocycles. The fraction of sp³-hybridized carbons (Fsp3) is 0.207. The SMILES string of the molecule is CC(OC(=O)Nc1c(-c2cc(Cl)c(-c3ccc(C4(C(=O)O)CC4)cc3)cc2F)cnn1C)c1ccccc1Cl. The van der Waals surface area contributed by atoms with Crippen LogP contribution in [0.25, 0.3) is 22.3 Å². The first-order valence-electron chi connectivity index (χ1n) is 12.2. The van der Waals surface area contributed by atoms with Gasteiger partial charge in [0.1, 0.15) is 17.7 Å². The second-order valence-corrected chi connectivity index (χ2v) is 10.3. The molecule has 1 aliphatic carbocycles. The van der Waals surface area contributed by atoms with Crippen molar-refractivity contribution in [1.82, 2.24) is 9.78 Å². The van der Waals surface area contributed by atoms with E-state index in [1.54, 1.807) is 62.5 Å². The first-order chi connectivity index (χ1) is 18.6. The highest BCUT2D eigenvalue weighted by atomic mass is 35.5. The van der Waals surface area contributed by atoms with Gasteiger partial charge >= 0.3 is 12.1 Å². The number of carbonyl (C=O) groups is 2. The van der Waals surface area contributed by atoms with Crippen LogP contribution in [0, 0.1) is 5.82 Å². The fourth-order valence-electron chi connectivity index (χ4n) is 4.63. The summed E-state index contributed by atoms with van der Waals surface area (Å²) >= 11 is 12.8. The number of amides is 1. The Kier molecular flexibility index (Phi) is 7.09. The van der Waals surface area contributed by atoms with Crippen LogP contribution in [0.5, 0.6) is 0 Å². The number of carboxylic acid groups (broad SMARTS) is 1. The second kappa shape index (κ2) is 10.4. The summed E-state index contributed by atoms with van der Waals surface area (Å²) in [6.07, 6.45) is 1.24. The Morgan fingerprint density at radius 3 is 2.38 bits per heavy atom. The number of ether oxygens (including phenoxy) is 1. The van der Waals surface area contributed by atoms with Crippen molar-refractivity contribution in [1.29, 1.82) is 0 Å². The van der Waals surface area contributed by atoms with Crippen LogP contribution in [0.1, 0.15) is 37.0 Å². The topological polar surface area (TPSA) is 93.4 Å². The van der Waals surface area contributed by atoms with Crippen LogP contribution in [0.15, 0.2) is 66.9 Å². The minimum Gasteiger partial charge on any atom is -0.481 e. The lowest BCUT2D eigenvalue weighted by atomic mass is 9.93. The zero-order valence-corrected chi connectivity index (χ0v) is 22.6. The zero-order valence-electron chi connectivity index (χ0n) is 21.0. The number of nitrogens with zero attached hydrogens (tertiary/aromatic N) is 2. The van der Waals surface area contributed by atoms with E-state index in [0.29, 0.717) is 45.7 Å². The van der Waals surface area contributed by atoms with Gasteiger partial charge in [0.25, 0.3) is 0 Å². The van der Waals surface area contributed by atoms with Crippen LogP contribution in [-0.4, -0.2) is 26.9 Å². The van der Waals surface area contributed by atoms with Gasteiger partial charge in [-0.25, -0.2) is 9.18 Å². The summed E-state index contributed by atoms with van der Waals surface area (Å²) in [4.78, 5) is 24.3. The third-order valence-electron chi connectivity index (χ3n) is 7.04. The average molecular weight is 568 g/mol. The Bertz CT molecular complexity index is 1580. The molecule has 1 fully saturated rings. The van der Waals surface area contributed by atoms with Crippen molar-refractivity contribution in [3.8, 4) is 22.3 Å². The number of hydrogen-bond donors (Lipinski definition) is 2. The molecular formula is C29H24Cl2FN3O4. The average Bonchev–Trinajstić information content (AvgIpc) is 3.65. The van der Waals surface area contributed by atoms with E-state index in [0.717, 1.165) is 0 Å². The second-order valence-electron chi connectivity index (χ2n) is 9.50. The summed E-state index contributed by atoms with van der Waals surface area (Å²) in [7, 11) is 1.61. The third-order valence-corrected chi connectivity index (χ3v) is 7.70. The van der Waals surface area contributed by atoms with E-state index in [2.05, 4.69) is 10.4 Å². The third kappa shape index (κ3) is 5.10. The number of halogens is 3. The molecule has 7 nitrogen and oxygen atoms in total. The summed E-state index contributed by atoms with van der Waals surface area (Å²) in [6, 6.07) is 16.8. The molecule has 0 bridgehead atoms. The van der Waals surface area contributed by atoms with Crippen molar-refractivity contribution in [2.75, 3.05) is 5.32 Å². The molecule has 1 atom stereocenters. The van der Waals surface area contributed by atoms with Crippen molar-refractivity contribution in [2.45, 2.75) is 31.3 Å². The normalized spacial score (nSPS) is 14.5. The predicted octanol–water partition coefficient (Wildman–Crippen LogP) is 7.63. The molecule has 1 aromatic heterocycles. The fourth-order valence-corrected chi connectivity index (χ4v) is 5.19. The lowest BCUT2D eigenvalue weighted by Crippen LogP contribution is -2.19. The van der Waals surface area contributed by atoms with Gasteiger partial charge in [0, 0.05) is 39.3 Å². The first-order valence-corrected chi connectivity index (χ1v) is 12.9. The summed E-state index contributed by atoms with van der Waals surface area (Å²) in [5, 5.41) is 17.1. The summed E-state index contributed by atoms with van der Waals surface area (Å²) < 4.78 is 22.3. The summed E-state index contributed by atoms with van der Waals surface area (Å²) in [5.41, 5.74) is 2.11. The molecule has 1 aliphatic rings. The van der Waals surface area contributed by atoms with Gasteiger partial charge in [-0.2, -0.15) is 5.10 Å². The van der Waals surface area contributed by atoms with Gasteiger partial charge in [0.15, 0.2) is 0 Å². The molecule has 0 spiro atoms. The lowest BCUT2D eigenvalue weighted by Gasteiger charge is -2.16. The Morgan fingerprint density at radius 1 is 1.05 bits per heavy atom. The van der Waals surface area contributed by atoms with Gasteiger partial charge in [0.2, 0.25) is 0 Å². The predicted molar refractivity (Wildman–Crippen MR) is 148 cm³/mol. The highest BCUT2D eigenvalue weighted by molar-refractivity contribution is 6.33. The van der Waals surface area contributed by atoms with E-state index in [9.17, 15) is 14.7 Å². The summed E-state index contributed by atoms with van der Waals surface area (Å²) in [5.74, 6) is -1.19. The molecule has 0 saturated heterocycles. The number of nitrogens with one attached hydrogen (secondary N) is 1. The molecule has 39 heavy (non-hydrogen) atoms. The number of benzene rings is 3. The van der Waals surface area contributed by atoms with E-state index < -0.39 is 29.4 Å². The van der Waals surface area contributed by atoms with Gasteiger partial charge in [0.05, 0.1) is 11.6 Å². The van der Waals surface area contributed by atoms with E-state index >= 15 is 4.39 Å². The number of aliphatic carboxylic acids is 1. The first kappa shape index (κ1) is 26.7. The van der Waals surface area contributed by atoms with Gasteiger partial charge in [-0.1, -0.05) is 65.7 Å². The standard InChI is InChI=1S/C29H24Cl2FN3O4/c1-16(19-5-3-4-6-23(19)30)39-28(38)34-26-22(15-33-35(26)2)21-13-24(31)20(14-25(21)32)17-7-9-18(10-8-17)29(11-12-29)27(36)37/h3-10,13-16H,11-12H2,1-2H3,(H,34,38)(H,36,37). The number of aromatic nitrogens is 2. The molecule has 0 radical (unpaired) electrons. The quantitative estimate of drug-likeness (QED) is 0.239. The Labute approximate surface area is 234 Å². The van der Waals surface area contributed by atoms with Crippen LogP contribution in [0.3, 0.4) is 0 Å². The molecule has 10 heteroatoms. The highest BCUT2D eigenvalue weighted by Crippen LogP contribution is 2.49. The molecule has 5 rings (SSSR count). The number of anilines is 1. The number of carbonyl (C=O) groups excluding carboxylic acids is 1. The Balaban J connectivity index is 1.38. The number of aryl methyl sites for hydroxylation is 1. The van der Waals surface area contributed by atoms with Crippen LogP contribution < -0.4 is 5.32 Å². The molecular weight excluding hydrogens is 544 g/mol. The largest absolute Gasteiger partial charge is 0.481 e. The number of carboxylic acids is 1. The van der Waals surface area contributed by atoms with Crippen LogP contribution in [-0.2, 0) is 22.0 Å². The van der Waals surface area contributed by atoms with E-state index in [1.165, 1.54) is 23.0 Å². The maximum atomic E-state index is 15.5. The van der Waals surface area contributed by atoms with E-state index in [-0.39, 0.29) is 16.4 Å². The van der Waals surface area contributed by atoms with Gasteiger partial charge < -0.3 is 9.84 Å². The molecule has 0 aliphatic heterocycles. The molecule has 3 aromatic carbocycles. The molecule has 2 N–H and O–H groups in total. The smallest absolute Gasteiger partial charge is 0.413 e. The molecule has 1 unspecified atom stereocenters. The van der Waals surface area contributed by atoms with Gasteiger partial charge in [-0.15, -0.1) is 0 Å². The minimum absolute atomic E-state index is 0.144. The van der Waals surface area contributed by atoms with E-state index in [1.807, 2.05) is 0 Å². The van der Waals surface area contributed by atoms with Crippen LogP contribution in [0.4, 0.5) is 15.0 Å². The lowest BCUT2D eigenvalue weighted by molar-refractivity contribution is -0.140. The van der Waals surface area contributed by atoms with Gasteiger partial charge in [-0.3, -0.25) is 14.8 Å². The molecule has 1 heterocycles. The maximum Gasteiger partial charge on any atom is 0.413 e. The van der Waals surface area contributed by atoms with Crippen molar-refractivity contribution in [2.24, 2.45) is 7.05 Å². The van der Waals surface area contributed by atoms with Crippen LogP contribution >= 0.6 is 23.2 Å². The van der Waals surface area contributed by atoms with Crippen molar-refractivity contribution >= 4 is 41.1 Å². The van der Waals surface area contributed by atoms with Crippen molar-refractivity contribution in [3.63, 3.8) is 0 Å². The van der Waals surface area contributed by atoms with Gasteiger partial charge in [-0.05, 0) is 49.1 Å². The van der Waals surface area contributed by atoms with Crippen molar-refractivity contribution in [3.05, 3.63) is 93.8 Å². The Morgan fingerprint density at radius 2 is 1.74 bits per heavy atom. The minimum atomic E-state index is -0.841. The molecule has 1 amide bonds. The Hall–Kier alpha value is -3.88. The molecule has 4 aromatic rings. The number of hydrogen-bond acceptors (Lipinski definition) is 4. The monoisotopic (exact) mass is 567 g/mol. The van der Waals surface area contributed by atoms with Crippen LogP contribution in [0.2, 0.25) is 10.0 Å². The maximum absolute atomic E-state index is 15.5. The highest BCUT2D eigenvalue weighted by Gasteiger charge is 2.51. The number of rotatable bonds is 7. The zero-order chi connectivity index (χ0) is 27.9. The van der Waals surface area contributed by atoms with E-state index in [4.69, 9.17) is 27.9 Å². The summed E-state index contributed by atoms with van der Waals surface area (Å²) in [6.45, 7) is 1.70. The molecule has 200 valence electrons.